The predicted molar refractivity (Wildman–Crippen MR) is 119 cm³/mol. The second kappa shape index (κ2) is 9.64. The van der Waals surface area contributed by atoms with E-state index >= 15 is 0 Å². The summed E-state index contributed by atoms with van der Waals surface area (Å²) in [6, 6.07) is 11.1. The summed E-state index contributed by atoms with van der Waals surface area (Å²) in [7, 11) is 0. The summed E-state index contributed by atoms with van der Waals surface area (Å²) in [5.41, 5.74) is 0.543. The smallest absolute Gasteiger partial charge is 0.407 e. The molecule has 1 aliphatic carbocycles. The minimum atomic E-state index is -0.560. The van der Waals surface area contributed by atoms with E-state index in [4.69, 9.17) is 16.3 Å². The Kier molecular flexibility index (Phi) is 7.15. The summed E-state index contributed by atoms with van der Waals surface area (Å²) < 4.78 is 5.41. The molecule has 1 fully saturated rings. The van der Waals surface area contributed by atoms with Crippen molar-refractivity contribution in [3.05, 3.63) is 58.9 Å². The lowest BCUT2D eigenvalue weighted by Gasteiger charge is -2.41. The summed E-state index contributed by atoms with van der Waals surface area (Å²) in [4.78, 5) is 24.7. The first-order chi connectivity index (χ1) is 14.7. The van der Waals surface area contributed by atoms with Crippen LogP contribution in [0.4, 0.5) is 4.79 Å². The van der Waals surface area contributed by atoms with Crippen molar-refractivity contribution < 1.29 is 14.3 Å². The first-order valence-electron chi connectivity index (χ1n) is 10.5. The molecule has 0 atom stereocenters. The van der Waals surface area contributed by atoms with Crippen LogP contribution >= 0.6 is 11.6 Å². The Labute approximate surface area is 187 Å². The lowest BCUT2D eigenvalue weighted by molar-refractivity contribution is 0.0506. The molecule has 0 radical (unpaired) electrons. The van der Waals surface area contributed by atoms with Gasteiger partial charge in [0, 0.05) is 29.2 Å². The number of halogens is 1. The Morgan fingerprint density at radius 3 is 2.55 bits per heavy atom. The number of nitrogens with zero attached hydrogens (tertiary/aromatic N) is 2. The fourth-order valence-corrected chi connectivity index (χ4v) is 4.13. The molecule has 31 heavy (non-hydrogen) atoms. The molecule has 2 N–H and O–H groups in total. The van der Waals surface area contributed by atoms with E-state index in [1.165, 1.54) is 6.20 Å². The number of ether oxygens (including phenoxy) is 1. The maximum Gasteiger partial charge on any atom is 0.407 e. The topological polar surface area (TPSA) is 93.2 Å². The Hall–Kier alpha value is -2.67. The average molecular weight is 445 g/mol. The van der Waals surface area contributed by atoms with Gasteiger partial charge in [-0.2, -0.15) is 5.10 Å². The number of benzene rings is 1. The van der Waals surface area contributed by atoms with E-state index in [0.717, 1.165) is 31.2 Å². The summed E-state index contributed by atoms with van der Waals surface area (Å²) in [6.07, 6.45) is 4.22. The number of hydrogen-bond donors (Lipinski definition) is 2. The van der Waals surface area contributed by atoms with Gasteiger partial charge in [0.25, 0.3) is 5.91 Å². The van der Waals surface area contributed by atoms with E-state index in [-0.39, 0.29) is 17.4 Å². The third-order valence-electron chi connectivity index (χ3n) is 5.49. The number of aromatic nitrogens is 2. The number of rotatable bonds is 5. The zero-order chi connectivity index (χ0) is 22.5. The van der Waals surface area contributed by atoms with Gasteiger partial charge in [0.15, 0.2) is 5.69 Å². The van der Waals surface area contributed by atoms with Crippen LogP contribution in [0.15, 0.2) is 42.6 Å². The molecular weight excluding hydrogens is 416 g/mol. The SMILES string of the molecule is CC(C)(C)OC(=O)NC[C@]1(c2cccc(Cl)c2)CC[C@@H](NC(=O)c2cccnn2)CC1. The summed E-state index contributed by atoms with van der Waals surface area (Å²) in [5, 5.41) is 14.3. The Bertz CT molecular complexity index is 907. The van der Waals surface area contributed by atoms with Gasteiger partial charge < -0.3 is 15.4 Å². The highest BCUT2D eigenvalue weighted by Gasteiger charge is 2.38. The predicted octanol–water partition coefficient (Wildman–Crippen LogP) is 4.27. The highest BCUT2D eigenvalue weighted by Crippen LogP contribution is 2.40. The van der Waals surface area contributed by atoms with Gasteiger partial charge in [-0.3, -0.25) is 4.79 Å². The second-order valence-corrected chi connectivity index (χ2v) is 9.44. The van der Waals surface area contributed by atoms with Crippen LogP contribution in [-0.2, 0) is 10.2 Å². The Morgan fingerprint density at radius 2 is 1.94 bits per heavy atom. The minimum Gasteiger partial charge on any atom is -0.444 e. The molecule has 0 aliphatic heterocycles. The van der Waals surface area contributed by atoms with E-state index in [1.807, 2.05) is 45.0 Å². The standard InChI is InChI=1S/C23H29ClN4O3/c1-22(2,3)31-21(30)25-15-23(16-6-4-7-17(24)14-16)11-9-18(10-12-23)27-20(29)19-8-5-13-26-28-19/h4-8,13-14,18H,9-12,15H2,1-3H3,(H,25,30)(H,27,29)/t18-,23+. The van der Waals surface area contributed by atoms with Gasteiger partial charge in [-0.1, -0.05) is 23.7 Å². The normalized spacial score (nSPS) is 21.2. The number of alkyl carbamates (subject to hydrolysis) is 1. The Morgan fingerprint density at radius 1 is 1.19 bits per heavy atom. The Balaban J connectivity index is 1.69. The van der Waals surface area contributed by atoms with Crippen LogP contribution in [0.5, 0.6) is 0 Å². The molecule has 1 heterocycles. The zero-order valence-electron chi connectivity index (χ0n) is 18.2. The van der Waals surface area contributed by atoms with Crippen molar-refractivity contribution in [2.24, 2.45) is 0 Å². The molecule has 2 amide bonds. The van der Waals surface area contributed by atoms with Crippen molar-refractivity contribution in [2.75, 3.05) is 6.54 Å². The third kappa shape index (κ3) is 6.40. The quantitative estimate of drug-likeness (QED) is 0.718. The summed E-state index contributed by atoms with van der Waals surface area (Å²) in [5.74, 6) is -0.222. The highest BCUT2D eigenvalue weighted by molar-refractivity contribution is 6.30. The van der Waals surface area contributed by atoms with Gasteiger partial charge in [0.1, 0.15) is 5.60 Å². The first kappa shape index (κ1) is 23.0. The van der Waals surface area contributed by atoms with Crippen LogP contribution in [0.3, 0.4) is 0 Å². The van der Waals surface area contributed by atoms with E-state index in [0.29, 0.717) is 17.3 Å². The van der Waals surface area contributed by atoms with Crippen LogP contribution in [0.25, 0.3) is 0 Å². The van der Waals surface area contributed by atoms with Crippen LogP contribution in [0.2, 0.25) is 5.02 Å². The number of nitrogens with one attached hydrogen (secondary N) is 2. The molecule has 0 unspecified atom stereocenters. The highest BCUT2D eigenvalue weighted by atomic mass is 35.5. The third-order valence-corrected chi connectivity index (χ3v) is 5.72. The number of carbonyl (C=O) groups is 2. The molecule has 1 aliphatic rings. The van der Waals surface area contributed by atoms with E-state index < -0.39 is 11.7 Å². The van der Waals surface area contributed by atoms with E-state index in [2.05, 4.69) is 20.8 Å². The molecule has 166 valence electrons. The fraction of sp³-hybridized carbons (Fsp3) is 0.478. The molecule has 1 saturated carbocycles. The van der Waals surface area contributed by atoms with Gasteiger partial charge in [0.2, 0.25) is 0 Å². The molecule has 8 heteroatoms. The van der Waals surface area contributed by atoms with Crippen LogP contribution in [0.1, 0.15) is 62.5 Å². The number of carbonyl (C=O) groups excluding carboxylic acids is 2. The van der Waals surface area contributed by atoms with Crippen LogP contribution in [0, 0.1) is 0 Å². The molecule has 0 bridgehead atoms. The van der Waals surface area contributed by atoms with Gasteiger partial charge >= 0.3 is 6.09 Å². The van der Waals surface area contributed by atoms with Crippen molar-refractivity contribution in [1.82, 2.24) is 20.8 Å². The maximum atomic E-state index is 12.4. The minimum absolute atomic E-state index is 0.0309. The lowest BCUT2D eigenvalue weighted by Crippen LogP contribution is -2.48. The second-order valence-electron chi connectivity index (χ2n) is 9.00. The fourth-order valence-electron chi connectivity index (χ4n) is 3.94. The van der Waals surface area contributed by atoms with Crippen LogP contribution < -0.4 is 10.6 Å². The molecule has 0 spiro atoms. The molecule has 1 aromatic carbocycles. The van der Waals surface area contributed by atoms with Crippen LogP contribution in [-0.4, -0.2) is 40.4 Å². The molecular formula is C23H29ClN4O3. The molecule has 0 saturated heterocycles. The van der Waals surface area contributed by atoms with Gasteiger partial charge in [-0.15, -0.1) is 5.10 Å². The van der Waals surface area contributed by atoms with Gasteiger partial charge in [-0.25, -0.2) is 4.79 Å². The molecule has 2 aromatic rings. The summed E-state index contributed by atoms with van der Waals surface area (Å²) in [6.45, 7) is 5.95. The van der Waals surface area contributed by atoms with Crippen molar-refractivity contribution in [2.45, 2.75) is 63.5 Å². The maximum absolute atomic E-state index is 12.4. The number of hydrogen-bond acceptors (Lipinski definition) is 5. The molecule has 3 rings (SSSR count). The monoisotopic (exact) mass is 444 g/mol. The van der Waals surface area contributed by atoms with Crippen molar-refractivity contribution >= 4 is 23.6 Å². The van der Waals surface area contributed by atoms with Gasteiger partial charge in [0.05, 0.1) is 0 Å². The van der Waals surface area contributed by atoms with Gasteiger partial charge in [-0.05, 0) is 76.3 Å². The van der Waals surface area contributed by atoms with E-state index in [1.54, 1.807) is 12.1 Å². The summed E-state index contributed by atoms with van der Waals surface area (Å²) >= 11 is 6.26. The van der Waals surface area contributed by atoms with Crippen molar-refractivity contribution in [3.8, 4) is 0 Å². The largest absolute Gasteiger partial charge is 0.444 e. The lowest BCUT2D eigenvalue weighted by atomic mass is 9.68. The average Bonchev–Trinajstić information content (AvgIpc) is 2.73. The van der Waals surface area contributed by atoms with Crippen molar-refractivity contribution in [1.29, 1.82) is 0 Å². The first-order valence-corrected chi connectivity index (χ1v) is 10.9. The number of amides is 2. The zero-order valence-corrected chi connectivity index (χ0v) is 18.9. The molecule has 7 nitrogen and oxygen atoms in total. The van der Waals surface area contributed by atoms with Crippen molar-refractivity contribution in [3.63, 3.8) is 0 Å². The van der Waals surface area contributed by atoms with E-state index in [9.17, 15) is 9.59 Å². The molecule has 1 aromatic heterocycles.